The summed E-state index contributed by atoms with van der Waals surface area (Å²) in [7, 11) is 0. The van der Waals surface area contributed by atoms with E-state index in [1.54, 1.807) is 0 Å². The van der Waals surface area contributed by atoms with E-state index in [-0.39, 0.29) is 0 Å². The lowest BCUT2D eigenvalue weighted by atomic mass is 10.1. The minimum Gasteiger partial charge on any atom is -0.279 e. The Balaban J connectivity index is 2.34. The summed E-state index contributed by atoms with van der Waals surface area (Å²) in [4.78, 5) is 9.13. The van der Waals surface area contributed by atoms with Gasteiger partial charge in [0.05, 0.1) is 11.6 Å². The van der Waals surface area contributed by atoms with E-state index in [1.807, 2.05) is 19.2 Å². The number of aryl methyl sites for hydroxylation is 3. The first kappa shape index (κ1) is 13.1. The third kappa shape index (κ3) is 2.08. The van der Waals surface area contributed by atoms with Crippen molar-refractivity contribution in [3.05, 3.63) is 53.0 Å². The molecule has 0 N–H and O–H groups in total. The number of rotatable bonds is 2. The number of halogens is 1. The van der Waals surface area contributed by atoms with Gasteiger partial charge in [-0.15, -0.1) is 11.6 Å². The van der Waals surface area contributed by atoms with Gasteiger partial charge in [0.2, 0.25) is 0 Å². The molecular formula is C16H16ClN3. The van der Waals surface area contributed by atoms with Crippen molar-refractivity contribution in [2.75, 3.05) is 0 Å². The maximum atomic E-state index is 6.07. The number of nitrogens with zero attached hydrogens (tertiary/aromatic N) is 3. The van der Waals surface area contributed by atoms with E-state index >= 15 is 0 Å². The number of pyridine rings is 1. The molecule has 0 saturated heterocycles. The van der Waals surface area contributed by atoms with Crippen LogP contribution in [0.4, 0.5) is 0 Å². The molecule has 3 aromatic rings. The predicted molar refractivity (Wildman–Crippen MR) is 82.6 cm³/mol. The number of imidazole rings is 1. The molecule has 102 valence electrons. The quantitative estimate of drug-likeness (QED) is 0.664. The first-order valence-electron chi connectivity index (χ1n) is 6.57. The molecule has 3 nitrogen and oxygen atoms in total. The fourth-order valence-electron chi connectivity index (χ4n) is 2.51. The molecule has 0 amide bonds. The molecule has 4 heteroatoms. The van der Waals surface area contributed by atoms with Crippen LogP contribution in [0.3, 0.4) is 0 Å². The standard InChI is InChI=1S/C16H16ClN3/c1-10-4-5-14(12(3)6-10)20-15(8-17)19-13-7-11(2)9-18-16(13)20/h4-7,9H,8H2,1-3H3. The highest BCUT2D eigenvalue weighted by Gasteiger charge is 2.14. The second-order valence-corrected chi connectivity index (χ2v) is 5.41. The Labute approximate surface area is 123 Å². The third-order valence-corrected chi connectivity index (χ3v) is 3.66. The van der Waals surface area contributed by atoms with E-state index in [2.05, 4.69) is 46.6 Å². The van der Waals surface area contributed by atoms with Gasteiger partial charge in [0.15, 0.2) is 5.65 Å². The smallest absolute Gasteiger partial charge is 0.164 e. The summed E-state index contributed by atoms with van der Waals surface area (Å²) in [6, 6.07) is 8.40. The van der Waals surface area contributed by atoms with E-state index in [1.165, 1.54) is 11.1 Å². The number of aromatic nitrogens is 3. The van der Waals surface area contributed by atoms with Crippen molar-refractivity contribution in [3.63, 3.8) is 0 Å². The molecule has 0 aliphatic heterocycles. The van der Waals surface area contributed by atoms with Crippen LogP contribution in [0, 0.1) is 20.8 Å². The monoisotopic (exact) mass is 285 g/mol. The molecule has 20 heavy (non-hydrogen) atoms. The van der Waals surface area contributed by atoms with E-state index in [0.717, 1.165) is 28.2 Å². The first-order valence-corrected chi connectivity index (χ1v) is 7.11. The maximum absolute atomic E-state index is 6.07. The molecule has 0 aliphatic rings. The Hall–Kier alpha value is -1.87. The van der Waals surface area contributed by atoms with E-state index in [0.29, 0.717) is 5.88 Å². The molecule has 2 heterocycles. The summed E-state index contributed by atoms with van der Waals surface area (Å²) in [6.45, 7) is 6.20. The van der Waals surface area contributed by atoms with Crippen LogP contribution in [-0.4, -0.2) is 14.5 Å². The van der Waals surface area contributed by atoms with Gasteiger partial charge in [-0.05, 0) is 44.0 Å². The van der Waals surface area contributed by atoms with Crippen LogP contribution >= 0.6 is 11.6 Å². The van der Waals surface area contributed by atoms with Crippen molar-refractivity contribution in [1.29, 1.82) is 0 Å². The van der Waals surface area contributed by atoms with E-state index < -0.39 is 0 Å². The maximum Gasteiger partial charge on any atom is 0.164 e. The fourth-order valence-corrected chi connectivity index (χ4v) is 2.69. The second-order valence-electron chi connectivity index (χ2n) is 5.14. The number of hydrogen-bond acceptors (Lipinski definition) is 2. The lowest BCUT2D eigenvalue weighted by Crippen LogP contribution is -2.02. The summed E-state index contributed by atoms with van der Waals surface area (Å²) >= 11 is 6.07. The Bertz CT molecular complexity index is 790. The number of benzene rings is 1. The summed E-state index contributed by atoms with van der Waals surface area (Å²) in [5, 5.41) is 0. The minimum atomic E-state index is 0.364. The van der Waals surface area contributed by atoms with Crippen LogP contribution in [0.1, 0.15) is 22.5 Å². The molecular weight excluding hydrogens is 270 g/mol. The normalized spacial score (nSPS) is 11.2. The van der Waals surface area contributed by atoms with Crippen LogP contribution in [0.2, 0.25) is 0 Å². The summed E-state index contributed by atoms with van der Waals surface area (Å²) < 4.78 is 2.05. The van der Waals surface area contributed by atoms with E-state index in [9.17, 15) is 0 Å². The summed E-state index contributed by atoms with van der Waals surface area (Å²) in [5.74, 6) is 1.19. The Morgan fingerprint density at radius 1 is 1.10 bits per heavy atom. The molecule has 0 fully saturated rings. The van der Waals surface area contributed by atoms with Crippen molar-refractivity contribution in [1.82, 2.24) is 14.5 Å². The van der Waals surface area contributed by atoms with Gasteiger partial charge < -0.3 is 0 Å². The lowest BCUT2D eigenvalue weighted by molar-refractivity contribution is 0.959. The Kier molecular flexibility index (Phi) is 3.22. The zero-order valence-electron chi connectivity index (χ0n) is 11.8. The molecule has 0 radical (unpaired) electrons. The van der Waals surface area contributed by atoms with Gasteiger partial charge in [-0.25, -0.2) is 9.97 Å². The third-order valence-electron chi connectivity index (χ3n) is 3.42. The molecule has 1 aromatic carbocycles. The van der Waals surface area contributed by atoms with Gasteiger partial charge in [0.25, 0.3) is 0 Å². The lowest BCUT2D eigenvalue weighted by Gasteiger charge is -2.11. The SMILES string of the molecule is Cc1ccc(-n2c(CCl)nc3cc(C)cnc32)c(C)c1. The highest BCUT2D eigenvalue weighted by atomic mass is 35.5. The zero-order valence-corrected chi connectivity index (χ0v) is 12.6. The van der Waals surface area contributed by atoms with Gasteiger partial charge in [-0.3, -0.25) is 4.57 Å². The van der Waals surface area contributed by atoms with Crippen LogP contribution in [0.5, 0.6) is 0 Å². The van der Waals surface area contributed by atoms with Crippen LogP contribution < -0.4 is 0 Å². The van der Waals surface area contributed by atoms with Gasteiger partial charge in [-0.2, -0.15) is 0 Å². The van der Waals surface area contributed by atoms with Crippen molar-refractivity contribution in [2.45, 2.75) is 26.7 Å². The van der Waals surface area contributed by atoms with Crippen molar-refractivity contribution >= 4 is 22.8 Å². The average molecular weight is 286 g/mol. The van der Waals surface area contributed by atoms with Crippen molar-refractivity contribution in [2.24, 2.45) is 0 Å². The molecule has 0 saturated carbocycles. The number of alkyl halides is 1. The Morgan fingerprint density at radius 3 is 2.60 bits per heavy atom. The minimum absolute atomic E-state index is 0.364. The van der Waals surface area contributed by atoms with Crippen molar-refractivity contribution in [3.8, 4) is 5.69 Å². The van der Waals surface area contributed by atoms with E-state index in [4.69, 9.17) is 11.6 Å². The predicted octanol–water partition coefficient (Wildman–Crippen LogP) is 4.08. The molecule has 3 rings (SSSR count). The molecule has 0 atom stereocenters. The fraction of sp³-hybridized carbons (Fsp3) is 0.250. The summed E-state index contributed by atoms with van der Waals surface area (Å²) in [5.41, 5.74) is 6.37. The number of hydrogen-bond donors (Lipinski definition) is 0. The topological polar surface area (TPSA) is 30.7 Å². The number of fused-ring (bicyclic) bond motifs is 1. The highest BCUT2D eigenvalue weighted by Crippen LogP contribution is 2.24. The van der Waals surface area contributed by atoms with Crippen LogP contribution in [-0.2, 0) is 5.88 Å². The van der Waals surface area contributed by atoms with Crippen LogP contribution in [0.15, 0.2) is 30.5 Å². The zero-order chi connectivity index (χ0) is 14.3. The molecule has 2 aromatic heterocycles. The average Bonchev–Trinajstić information content (AvgIpc) is 2.76. The first-order chi connectivity index (χ1) is 9.60. The molecule has 0 spiro atoms. The summed E-state index contributed by atoms with van der Waals surface area (Å²) in [6.07, 6.45) is 1.86. The molecule has 0 unspecified atom stereocenters. The van der Waals surface area contributed by atoms with Gasteiger partial charge in [-0.1, -0.05) is 17.7 Å². The van der Waals surface area contributed by atoms with Gasteiger partial charge in [0, 0.05) is 6.20 Å². The largest absolute Gasteiger partial charge is 0.279 e. The van der Waals surface area contributed by atoms with Gasteiger partial charge >= 0.3 is 0 Å². The van der Waals surface area contributed by atoms with Gasteiger partial charge in [0.1, 0.15) is 11.3 Å². The van der Waals surface area contributed by atoms with Crippen molar-refractivity contribution < 1.29 is 0 Å². The van der Waals surface area contributed by atoms with Crippen LogP contribution in [0.25, 0.3) is 16.9 Å². The second kappa shape index (κ2) is 4.91. The molecule has 0 bridgehead atoms. The Morgan fingerprint density at radius 2 is 1.90 bits per heavy atom. The highest BCUT2D eigenvalue weighted by molar-refractivity contribution is 6.16. The molecule has 0 aliphatic carbocycles.